The van der Waals surface area contributed by atoms with E-state index in [0.29, 0.717) is 0 Å². The summed E-state index contributed by atoms with van der Waals surface area (Å²) in [5.74, 6) is -0.211. The van der Waals surface area contributed by atoms with Crippen molar-refractivity contribution < 1.29 is 14.6 Å². The maximum atomic E-state index is 10.5. The van der Waals surface area contributed by atoms with E-state index in [2.05, 4.69) is 22.9 Å². The number of aliphatic carboxylic acids is 1. The molecule has 0 aromatic heterocycles. The first-order valence-electron chi connectivity index (χ1n) is 5.90. The summed E-state index contributed by atoms with van der Waals surface area (Å²) >= 11 is 3.38. The fraction of sp³-hybridized carbons (Fsp3) is 0.357. The molecule has 1 rings (SSSR count). The van der Waals surface area contributed by atoms with Crippen molar-refractivity contribution in [1.82, 2.24) is 0 Å². The lowest BCUT2D eigenvalue weighted by Crippen LogP contribution is -2.10. The van der Waals surface area contributed by atoms with Crippen molar-refractivity contribution in [2.75, 3.05) is 0 Å². The minimum Gasteiger partial charge on any atom is -0.491 e. The van der Waals surface area contributed by atoms with Crippen LogP contribution in [0.1, 0.15) is 32.3 Å². The van der Waals surface area contributed by atoms with Crippen molar-refractivity contribution in [3.8, 4) is 5.75 Å². The van der Waals surface area contributed by atoms with Crippen LogP contribution in [0.25, 0.3) is 6.08 Å². The summed E-state index contributed by atoms with van der Waals surface area (Å²) in [5.41, 5.74) is 0.790. The fourth-order valence-electron chi connectivity index (χ4n) is 1.58. The van der Waals surface area contributed by atoms with Crippen molar-refractivity contribution >= 4 is 28.0 Å². The molecule has 0 aliphatic carbocycles. The summed E-state index contributed by atoms with van der Waals surface area (Å²) in [7, 11) is 0. The van der Waals surface area contributed by atoms with Crippen LogP contribution in [0.4, 0.5) is 0 Å². The van der Waals surface area contributed by atoms with Gasteiger partial charge in [0.05, 0.1) is 6.10 Å². The Bertz CT molecular complexity index is 441. The van der Waals surface area contributed by atoms with Crippen LogP contribution in [0, 0.1) is 0 Å². The molecule has 0 aliphatic heterocycles. The second kappa shape index (κ2) is 7.21. The van der Waals surface area contributed by atoms with Crippen LogP contribution in [0.2, 0.25) is 0 Å². The highest BCUT2D eigenvalue weighted by Gasteiger charge is 2.05. The predicted octanol–water partition coefficient (Wildman–Crippen LogP) is 4.11. The summed E-state index contributed by atoms with van der Waals surface area (Å²) in [6, 6.07) is 5.56. The van der Waals surface area contributed by atoms with E-state index in [1.54, 1.807) is 6.08 Å². The van der Waals surface area contributed by atoms with Crippen LogP contribution in [0.15, 0.2) is 28.7 Å². The van der Waals surface area contributed by atoms with Gasteiger partial charge in [-0.3, -0.25) is 0 Å². The molecule has 3 nitrogen and oxygen atoms in total. The van der Waals surface area contributed by atoms with Gasteiger partial charge >= 0.3 is 5.97 Å². The van der Waals surface area contributed by atoms with Crippen LogP contribution in [0.5, 0.6) is 5.75 Å². The largest absolute Gasteiger partial charge is 0.491 e. The fourth-order valence-corrected chi connectivity index (χ4v) is 1.96. The van der Waals surface area contributed by atoms with Crippen LogP contribution >= 0.6 is 15.9 Å². The Morgan fingerprint density at radius 1 is 1.56 bits per heavy atom. The van der Waals surface area contributed by atoms with Crippen LogP contribution in [-0.4, -0.2) is 17.2 Å². The van der Waals surface area contributed by atoms with E-state index < -0.39 is 5.97 Å². The zero-order chi connectivity index (χ0) is 13.5. The molecule has 1 unspecified atom stereocenters. The second-order valence-electron chi connectivity index (χ2n) is 4.07. The summed E-state index contributed by atoms with van der Waals surface area (Å²) in [6.07, 6.45) is 4.88. The van der Waals surface area contributed by atoms with E-state index >= 15 is 0 Å². The molecule has 4 heteroatoms. The van der Waals surface area contributed by atoms with Gasteiger partial charge < -0.3 is 9.84 Å². The standard InChI is InChI=1S/C14H17BrO3/c1-3-4-10(2)18-12-6-7-13(15)11(9-12)5-8-14(16)17/h5-10H,3-4H2,1-2H3,(H,16,17)/b8-5+. The van der Waals surface area contributed by atoms with E-state index in [0.717, 1.165) is 34.7 Å². The molecule has 0 saturated carbocycles. The smallest absolute Gasteiger partial charge is 0.328 e. The van der Waals surface area contributed by atoms with Gasteiger partial charge in [0.2, 0.25) is 0 Å². The van der Waals surface area contributed by atoms with E-state index in [4.69, 9.17) is 9.84 Å². The highest BCUT2D eigenvalue weighted by Crippen LogP contribution is 2.25. The van der Waals surface area contributed by atoms with Crippen molar-refractivity contribution in [3.05, 3.63) is 34.3 Å². The number of ether oxygens (including phenoxy) is 1. The number of carboxylic acid groups (broad SMARTS) is 1. The maximum absolute atomic E-state index is 10.5. The summed E-state index contributed by atoms with van der Waals surface area (Å²) in [6.45, 7) is 4.14. The van der Waals surface area contributed by atoms with Gasteiger partial charge in [-0.25, -0.2) is 4.79 Å². The van der Waals surface area contributed by atoms with Gasteiger partial charge in [0, 0.05) is 10.5 Å². The first-order valence-corrected chi connectivity index (χ1v) is 6.69. The maximum Gasteiger partial charge on any atom is 0.328 e. The lowest BCUT2D eigenvalue weighted by molar-refractivity contribution is -0.131. The number of carboxylic acids is 1. The monoisotopic (exact) mass is 312 g/mol. The Morgan fingerprint density at radius 2 is 2.28 bits per heavy atom. The Kier molecular flexibility index (Phi) is 5.92. The van der Waals surface area contributed by atoms with Crippen molar-refractivity contribution in [3.63, 3.8) is 0 Å². The van der Waals surface area contributed by atoms with Gasteiger partial charge in [-0.15, -0.1) is 0 Å². The zero-order valence-corrected chi connectivity index (χ0v) is 12.1. The average molecular weight is 313 g/mol. The third-order valence-electron chi connectivity index (χ3n) is 2.41. The van der Waals surface area contributed by atoms with Crippen molar-refractivity contribution in [2.45, 2.75) is 32.8 Å². The molecule has 1 N–H and O–H groups in total. The molecule has 0 radical (unpaired) electrons. The molecule has 0 heterocycles. The van der Waals surface area contributed by atoms with E-state index in [1.165, 1.54) is 0 Å². The lowest BCUT2D eigenvalue weighted by atomic mass is 10.2. The Morgan fingerprint density at radius 3 is 2.89 bits per heavy atom. The van der Waals surface area contributed by atoms with E-state index in [1.807, 2.05) is 25.1 Å². The predicted molar refractivity (Wildman–Crippen MR) is 75.8 cm³/mol. The molecule has 18 heavy (non-hydrogen) atoms. The van der Waals surface area contributed by atoms with Gasteiger partial charge in [-0.1, -0.05) is 29.3 Å². The van der Waals surface area contributed by atoms with Gasteiger partial charge in [0.15, 0.2) is 0 Å². The minimum atomic E-state index is -0.965. The van der Waals surface area contributed by atoms with Crippen LogP contribution in [-0.2, 0) is 4.79 Å². The van der Waals surface area contributed by atoms with Crippen molar-refractivity contribution in [2.24, 2.45) is 0 Å². The van der Waals surface area contributed by atoms with Gasteiger partial charge in [0.25, 0.3) is 0 Å². The molecular formula is C14H17BrO3. The Labute approximate surface area is 116 Å². The molecule has 98 valence electrons. The SMILES string of the molecule is CCCC(C)Oc1ccc(Br)c(/C=C/C(=O)O)c1. The third-order valence-corrected chi connectivity index (χ3v) is 3.13. The number of rotatable bonds is 6. The normalized spacial score (nSPS) is 12.6. The number of carbonyl (C=O) groups is 1. The molecule has 1 aromatic rings. The first-order chi connectivity index (χ1) is 8.52. The van der Waals surface area contributed by atoms with Gasteiger partial charge in [-0.05, 0) is 43.2 Å². The molecule has 0 bridgehead atoms. The second-order valence-corrected chi connectivity index (χ2v) is 4.93. The number of hydrogen-bond donors (Lipinski definition) is 1. The van der Waals surface area contributed by atoms with Gasteiger partial charge in [0.1, 0.15) is 5.75 Å². The summed E-state index contributed by atoms with van der Waals surface area (Å²) in [5, 5.41) is 8.62. The van der Waals surface area contributed by atoms with Crippen LogP contribution in [0.3, 0.4) is 0 Å². The van der Waals surface area contributed by atoms with Crippen LogP contribution < -0.4 is 4.74 Å². The summed E-state index contributed by atoms with van der Waals surface area (Å²) < 4.78 is 6.60. The number of benzene rings is 1. The van der Waals surface area contributed by atoms with E-state index in [9.17, 15) is 4.79 Å². The number of hydrogen-bond acceptors (Lipinski definition) is 2. The average Bonchev–Trinajstić information content (AvgIpc) is 2.30. The molecular weight excluding hydrogens is 296 g/mol. The minimum absolute atomic E-state index is 0.160. The zero-order valence-electron chi connectivity index (χ0n) is 10.5. The third kappa shape index (κ3) is 4.92. The summed E-state index contributed by atoms with van der Waals surface area (Å²) in [4.78, 5) is 10.5. The highest BCUT2D eigenvalue weighted by molar-refractivity contribution is 9.10. The lowest BCUT2D eigenvalue weighted by Gasteiger charge is -2.14. The van der Waals surface area contributed by atoms with Crippen molar-refractivity contribution in [1.29, 1.82) is 0 Å². The quantitative estimate of drug-likeness (QED) is 0.804. The Balaban J connectivity index is 2.83. The molecule has 0 spiro atoms. The molecule has 0 fully saturated rings. The number of halogens is 1. The molecule has 1 atom stereocenters. The molecule has 0 amide bonds. The first kappa shape index (κ1) is 14.8. The molecule has 1 aromatic carbocycles. The highest BCUT2D eigenvalue weighted by atomic mass is 79.9. The topological polar surface area (TPSA) is 46.5 Å². The van der Waals surface area contributed by atoms with Gasteiger partial charge in [-0.2, -0.15) is 0 Å². The molecule has 0 aliphatic rings. The molecule has 0 saturated heterocycles. The van der Waals surface area contributed by atoms with E-state index in [-0.39, 0.29) is 6.10 Å². The Hall–Kier alpha value is -1.29.